The van der Waals surface area contributed by atoms with Gasteiger partial charge in [0.1, 0.15) is 5.82 Å². The lowest BCUT2D eigenvalue weighted by molar-refractivity contribution is -0.136. The van der Waals surface area contributed by atoms with Gasteiger partial charge in [0.05, 0.1) is 21.8 Å². The van der Waals surface area contributed by atoms with Crippen molar-refractivity contribution in [3.63, 3.8) is 0 Å². The molecule has 0 saturated heterocycles. The van der Waals surface area contributed by atoms with Gasteiger partial charge in [-0.25, -0.2) is 4.98 Å². The molecule has 0 aliphatic heterocycles. The number of anilines is 1. The number of halogens is 2. The SMILES string of the molecule is CN(CCCNc1cc(-c2ccccc2Cl)nc2c(Br)cnn12)C(=O)C1(c2ccccc2)CCCC1. The van der Waals surface area contributed by atoms with Crippen molar-refractivity contribution in [1.82, 2.24) is 19.5 Å². The highest BCUT2D eigenvalue weighted by molar-refractivity contribution is 9.10. The van der Waals surface area contributed by atoms with Crippen LogP contribution in [-0.4, -0.2) is 45.5 Å². The third-order valence-electron chi connectivity index (χ3n) is 7.09. The lowest BCUT2D eigenvalue weighted by atomic mass is 9.77. The Labute approximate surface area is 224 Å². The number of rotatable bonds is 8. The fraction of sp³-hybridized carbons (Fsp3) is 0.321. The van der Waals surface area contributed by atoms with E-state index in [0.29, 0.717) is 23.8 Å². The first kappa shape index (κ1) is 24.8. The Morgan fingerprint density at radius 3 is 2.61 bits per heavy atom. The molecule has 1 saturated carbocycles. The molecule has 2 aromatic heterocycles. The van der Waals surface area contributed by atoms with Crippen molar-refractivity contribution >= 4 is 44.9 Å². The largest absolute Gasteiger partial charge is 0.370 e. The Morgan fingerprint density at radius 2 is 1.86 bits per heavy atom. The van der Waals surface area contributed by atoms with E-state index in [1.54, 1.807) is 10.7 Å². The van der Waals surface area contributed by atoms with E-state index in [1.807, 2.05) is 60.5 Å². The van der Waals surface area contributed by atoms with Gasteiger partial charge < -0.3 is 10.2 Å². The van der Waals surface area contributed by atoms with Crippen LogP contribution in [0.5, 0.6) is 0 Å². The van der Waals surface area contributed by atoms with Gasteiger partial charge in [0.2, 0.25) is 5.91 Å². The van der Waals surface area contributed by atoms with Crippen LogP contribution in [0.4, 0.5) is 5.82 Å². The second-order valence-electron chi connectivity index (χ2n) is 9.40. The number of likely N-dealkylation sites (N-methyl/N-ethyl adjacent to an activating group) is 1. The van der Waals surface area contributed by atoms with Crippen molar-refractivity contribution in [3.05, 3.63) is 81.9 Å². The summed E-state index contributed by atoms with van der Waals surface area (Å²) in [5, 5.41) is 8.60. The molecule has 8 heteroatoms. The molecular weight excluding hydrogens is 538 g/mol. The predicted molar refractivity (Wildman–Crippen MR) is 148 cm³/mol. The van der Waals surface area contributed by atoms with Gasteiger partial charge in [0.15, 0.2) is 5.65 Å². The van der Waals surface area contributed by atoms with Gasteiger partial charge in [-0.05, 0) is 46.8 Å². The van der Waals surface area contributed by atoms with Crippen LogP contribution in [0.3, 0.4) is 0 Å². The summed E-state index contributed by atoms with van der Waals surface area (Å²) < 4.78 is 2.59. The number of carbonyl (C=O) groups excluding carboxylic acids is 1. The molecule has 1 N–H and O–H groups in total. The molecule has 0 atom stereocenters. The van der Waals surface area contributed by atoms with E-state index in [2.05, 4.69) is 38.5 Å². The highest BCUT2D eigenvalue weighted by Gasteiger charge is 2.43. The number of nitrogens with one attached hydrogen (secondary N) is 1. The number of amides is 1. The molecule has 0 unspecified atom stereocenters. The van der Waals surface area contributed by atoms with Crippen molar-refractivity contribution in [2.24, 2.45) is 0 Å². The van der Waals surface area contributed by atoms with E-state index in [0.717, 1.165) is 59.2 Å². The number of fused-ring (bicyclic) bond motifs is 1. The van der Waals surface area contributed by atoms with Crippen LogP contribution in [0.1, 0.15) is 37.7 Å². The minimum atomic E-state index is -0.383. The van der Waals surface area contributed by atoms with E-state index in [1.165, 1.54) is 0 Å². The summed E-state index contributed by atoms with van der Waals surface area (Å²) >= 11 is 9.99. The second kappa shape index (κ2) is 10.6. The average Bonchev–Trinajstić information content (AvgIpc) is 3.55. The van der Waals surface area contributed by atoms with E-state index in [4.69, 9.17) is 16.6 Å². The number of carbonyl (C=O) groups is 1. The molecular formula is C28H29BrClN5O. The Bertz CT molecular complexity index is 1370. The van der Waals surface area contributed by atoms with Crippen molar-refractivity contribution in [1.29, 1.82) is 0 Å². The van der Waals surface area contributed by atoms with Gasteiger partial charge in [0, 0.05) is 36.8 Å². The first-order valence-corrected chi connectivity index (χ1v) is 13.5. The number of nitrogens with zero attached hydrogens (tertiary/aromatic N) is 4. The second-order valence-corrected chi connectivity index (χ2v) is 10.7. The fourth-order valence-corrected chi connectivity index (χ4v) is 5.81. The minimum absolute atomic E-state index is 0.231. The zero-order chi connectivity index (χ0) is 25.1. The van der Waals surface area contributed by atoms with Gasteiger partial charge in [0.25, 0.3) is 0 Å². The lowest BCUT2D eigenvalue weighted by Gasteiger charge is -2.33. The molecule has 1 fully saturated rings. The molecule has 1 amide bonds. The zero-order valence-corrected chi connectivity index (χ0v) is 22.6. The topological polar surface area (TPSA) is 62.5 Å². The quantitative estimate of drug-likeness (QED) is 0.245. The molecule has 0 spiro atoms. The number of aromatic nitrogens is 3. The monoisotopic (exact) mass is 565 g/mol. The van der Waals surface area contributed by atoms with Gasteiger partial charge in [-0.2, -0.15) is 9.61 Å². The maximum absolute atomic E-state index is 13.6. The maximum atomic E-state index is 13.6. The number of hydrogen-bond acceptors (Lipinski definition) is 4. The average molecular weight is 567 g/mol. The summed E-state index contributed by atoms with van der Waals surface area (Å²) in [6, 6.07) is 19.9. The fourth-order valence-electron chi connectivity index (χ4n) is 5.23. The van der Waals surface area contributed by atoms with Gasteiger partial charge in [-0.15, -0.1) is 0 Å². The first-order valence-electron chi connectivity index (χ1n) is 12.3. The van der Waals surface area contributed by atoms with Crippen LogP contribution >= 0.6 is 27.5 Å². The van der Waals surface area contributed by atoms with Gasteiger partial charge >= 0.3 is 0 Å². The van der Waals surface area contributed by atoms with Crippen LogP contribution in [0.25, 0.3) is 16.9 Å². The zero-order valence-electron chi connectivity index (χ0n) is 20.3. The molecule has 1 aliphatic carbocycles. The van der Waals surface area contributed by atoms with Crippen LogP contribution in [0.15, 0.2) is 71.3 Å². The lowest BCUT2D eigenvalue weighted by Crippen LogP contribution is -2.44. The normalized spacial score (nSPS) is 14.8. The Hall–Kier alpha value is -2.90. The van der Waals surface area contributed by atoms with Gasteiger partial charge in [-0.1, -0.05) is 73.0 Å². The third-order valence-corrected chi connectivity index (χ3v) is 7.98. The highest BCUT2D eigenvalue weighted by Crippen LogP contribution is 2.42. The summed E-state index contributed by atoms with van der Waals surface area (Å²) in [5.41, 5.74) is 3.12. The van der Waals surface area contributed by atoms with Crippen molar-refractivity contribution in [3.8, 4) is 11.3 Å². The van der Waals surface area contributed by atoms with Crippen molar-refractivity contribution < 1.29 is 4.79 Å². The van der Waals surface area contributed by atoms with Gasteiger partial charge in [-0.3, -0.25) is 4.79 Å². The Morgan fingerprint density at radius 1 is 1.14 bits per heavy atom. The standard InChI is InChI=1S/C28H29BrClN5O/c1-34(27(36)28(14-7-8-15-28)20-10-3-2-4-11-20)17-9-16-31-25-18-24(21-12-5-6-13-23(21)30)33-26-22(29)19-32-35(25)26/h2-6,10-13,18-19,31H,7-9,14-17H2,1H3. The first-order chi connectivity index (χ1) is 17.5. The van der Waals surface area contributed by atoms with Crippen molar-refractivity contribution in [2.45, 2.75) is 37.5 Å². The smallest absolute Gasteiger partial charge is 0.232 e. The molecule has 2 heterocycles. The molecule has 4 aromatic rings. The highest BCUT2D eigenvalue weighted by atomic mass is 79.9. The summed E-state index contributed by atoms with van der Waals surface area (Å²) in [6.45, 7) is 1.36. The summed E-state index contributed by atoms with van der Waals surface area (Å²) in [7, 11) is 1.93. The van der Waals surface area contributed by atoms with E-state index < -0.39 is 0 Å². The third kappa shape index (κ3) is 4.74. The molecule has 2 aromatic carbocycles. The summed E-state index contributed by atoms with van der Waals surface area (Å²) in [4.78, 5) is 20.3. The van der Waals surface area contributed by atoms with Crippen LogP contribution < -0.4 is 5.32 Å². The molecule has 1 aliphatic rings. The van der Waals surface area contributed by atoms with Crippen LogP contribution in [-0.2, 0) is 10.2 Å². The minimum Gasteiger partial charge on any atom is -0.370 e. The summed E-state index contributed by atoms with van der Waals surface area (Å²) in [5.74, 6) is 1.06. The van der Waals surface area contributed by atoms with Crippen molar-refractivity contribution in [2.75, 3.05) is 25.5 Å². The molecule has 6 nitrogen and oxygen atoms in total. The maximum Gasteiger partial charge on any atom is 0.232 e. The summed E-state index contributed by atoms with van der Waals surface area (Å²) in [6.07, 6.45) is 6.59. The predicted octanol–water partition coefficient (Wildman–Crippen LogP) is 6.58. The van der Waals surface area contributed by atoms with E-state index in [9.17, 15) is 4.79 Å². The van der Waals surface area contributed by atoms with Crippen LogP contribution in [0.2, 0.25) is 5.02 Å². The van der Waals surface area contributed by atoms with E-state index >= 15 is 0 Å². The molecule has 0 bridgehead atoms. The molecule has 36 heavy (non-hydrogen) atoms. The Balaban J connectivity index is 1.28. The van der Waals surface area contributed by atoms with Crippen LogP contribution in [0, 0.1) is 0 Å². The number of hydrogen-bond donors (Lipinski definition) is 1. The number of benzene rings is 2. The Kier molecular flexibility index (Phi) is 7.30. The molecule has 186 valence electrons. The molecule has 5 rings (SSSR count). The van der Waals surface area contributed by atoms with E-state index in [-0.39, 0.29) is 11.3 Å². The molecule has 0 radical (unpaired) electrons.